The van der Waals surface area contributed by atoms with Crippen LogP contribution in [0.4, 0.5) is 4.39 Å². The fourth-order valence-electron chi connectivity index (χ4n) is 1.39. The van der Waals surface area contributed by atoms with Crippen LogP contribution >= 0.6 is 0 Å². The molecule has 0 aromatic heterocycles. The molecule has 1 N–H and O–H groups in total. The molecule has 1 unspecified atom stereocenters. The van der Waals surface area contributed by atoms with Crippen LogP contribution in [0, 0.1) is 5.82 Å². The number of aliphatic carboxylic acids is 1. The van der Waals surface area contributed by atoms with Crippen LogP contribution in [0.5, 0.6) is 5.75 Å². The van der Waals surface area contributed by atoms with Crippen molar-refractivity contribution in [3.05, 3.63) is 29.6 Å². The van der Waals surface area contributed by atoms with Crippen LogP contribution in [0.1, 0.15) is 25.0 Å². The number of carboxylic acid groups (broad SMARTS) is 1. The van der Waals surface area contributed by atoms with Crippen LogP contribution in [0.15, 0.2) is 18.2 Å². The molecule has 1 rings (SSSR count). The van der Waals surface area contributed by atoms with E-state index in [0.717, 1.165) is 6.07 Å². The van der Waals surface area contributed by atoms with Crippen molar-refractivity contribution < 1.29 is 23.8 Å². The van der Waals surface area contributed by atoms with Crippen molar-refractivity contribution in [2.75, 3.05) is 13.7 Å². The van der Waals surface area contributed by atoms with E-state index in [-0.39, 0.29) is 11.3 Å². The van der Waals surface area contributed by atoms with Gasteiger partial charge in [-0.05, 0) is 24.1 Å². The number of methoxy groups -OCH3 is 1. The third kappa shape index (κ3) is 3.42. The fourth-order valence-corrected chi connectivity index (χ4v) is 1.39. The molecule has 1 aromatic rings. The Morgan fingerprint density at radius 3 is 2.71 bits per heavy atom. The Morgan fingerprint density at radius 2 is 2.24 bits per heavy atom. The van der Waals surface area contributed by atoms with Gasteiger partial charge in [0.2, 0.25) is 0 Å². The summed E-state index contributed by atoms with van der Waals surface area (Å²) < 4.78 is 23.3. The summed E-state index contributed by atoms with van der Waals surface area (Å²) >= 11 is 0. The fraction of sp³-hybridized carbons (Fsp3) is 0.417. The van der Waals surface area contributed by atoms with Gasteiger partial charge < -0.3 is 14.6 Å². The summed E-state index contributed by atoms with van der Waals surface area (Å²) in [5.41, 5.74) is 0.268. The number of benzene rings is 1. The highest BCUT2D eigenvalue weighted by molar-refractivity contribution is 5.74. The molecule has 0 saturated carbocycles. The molecule has 0 aliphatic carbocycles. The SMILES string of the molecule is CCCOC(C(=O)O)c1ccc(OC)c(F)c1. The number of rotatable bonds is 6. The smallest absolute Gasteiger partial charge is 0.337 e. The molecule has 94 valence electrons. The number of carbonyl (C=O) groups is 1. The number of ether oxygens (including phenoxy) is 2. The molecular weight excluding hydrogens is 227 g/mol. The largest absolute Gasteiger partial charge is 0.494 e. The second-order valence-electron chi connectivity index (χ2n) is 3.48. The van der Waals surface area contributed by atoms with Gasteiger partial charge in [0.1, 0.15) is 0 Å². The van der Waals surface area contributed by atoms with E-state index in [9.17, 15) is 9.18 Å². The van der Waals surface area contributed by atoms with Crippen LogP contribution in [-0.2, 0) is 9.53 Å². The Kier molecular flexibility index (Phi) is 4.90. The second kappa shape index (κ2) is 6.20. The second-order valence-corrected chi connectivity index (χ2v) is 3.48. The van der Waals surface area contributed by atoms with E-state index in [1.54, 1.807) is 0 Å². The molecular formula is C12H15FO4. The third-order valence-electron chi connectivity index (χ3n) is 2.19. The molecule has 0 spiro atoms. The van der Waals surface area contributed by atoms with Crippen molar-refractivity contribution in [2.45, 2.75) is 19.4 Å². The first-order chi connectivity index (χ1) is 8.10. The molecule has 0 amide bonds. The van der Waals surface area contributed by atoms with E-state index in [0.29, 0.717) is 13.0 Å². The Balaban J connectivity index is 2.94. The maximum atomic E-state index is 13.4. The molecule has 0 radical (unpaired) electrons. The minimum atomic E-state index is -1.14. The standard InChI is InChI=1S/C12H15FO4/c1-3-6-17-11(12(14)15)8-4-5-10(16-2)9(13)7-8/h4-5,7,11H,3,6H2,1-2H3,(H,14,15). The summed E-state index contributed by atoms with van der Waals surface area (Å²) in [7, 11) is 1.35. The normalized spacial score (nSPS) is 12.2. The van der Waals surface area contributed by atoms with E-state index in [1.165, 1.54) is 19.2 Å². The number of hydrogen-bond acceptors (Lipinski definition) is 3. The van der Waals surface area contributed by atoms with Crippen LogP contribution in [0.25, 0.3) is 0 Å². The van der Waals surface area contributed by atoms with Crippen molar-refractivity contribution in [1.29, 1.82) is 0 Å². The van der Waals surface area contributed by atoms with Crippen LogP contribution < -0.4 is 4.74 Å². The van der Waals surface area contributed by atoms with Gasteiger partial charge in [0.05, 0.1) is 7.11 Å². The molecule has 0 bridgehead atoms. The molecule has 1 atom stereocenters. The lowest BCUT2D eigenvalue weighted by atomic mass is 10.1. The molecule has 0 heterocycles. The first-order valence-corrected chi connectivity index (χ1v) is 5.28. The molecule has 0 fully saturated rings. The minimum Gasteiger partial charge on any atom is -0.494 e. The first-order valence-electron chi connectivity index (χ1n) is 5.28. The molecule has 0 saturated heterocycles. The van der Waals surface area contributed by atoms with Crippen molar-refractivity contribution in [1.82, 2.24) is 0 Å². The summed E-state index contributed by atoms with van der Waals surface area (Å²) in [4.78, 5) is 11.0. The zero-order valence-electron chi connectivity index (χ0n) is 9.77. The van der Waals surface area contributed by atoms with Gasteiger partial charge in [-0.25, -0.2) is 9.18 Å². The van der Waals surface area contributed by atoms with Crippen molar-refractivity contribution in [3.8, 4) is 5.75 Å². The molecule has 17 heavy (non-hydrogen) atoms. The predicted octanol–water partition coefficient (Wildman–Crippen LogP) is 2.39. The average molecular weight is 242 g/mol. The Hall–Kier alpha value is -1.62. The highest BCUT2D eigenvalue weighted by Crippen LogP contribution is 2.24. The maximum Gasteiger partial charge on any atom is 0.337 e. The van der Waals surface area contributed by atoms with Crippen LogP contribution in [-0.4, -0.2) is 24.8 Å². The van der Waals surface area contributed by atoms with Crippen molar-refractivity contribution in [2.24, 2.45) is 0 Å². The first kappa shape index (κ1) is 13.4. The zero-order valence-corrected chi connectivity index (χ0v) is 9.77. The van der Waals surface area contributed by atoms with Crippen molar-refractivity contribution in [3.63, 3.8) is 0 Å². The summed E-state index contributed by atoms with van der Waals surface area (Å²) in [6, 6.07) is 3.99. The monoisotopic (exact) mass is 242 g/mol. The van der Waals surface area contributed by atoms with Crippen LogP contribution in [0.2, 0.25) is 0 Å². The molecule has 0 aliphatic rings. The summed E-state index contributed by atoms with van der Waals surface area (Å²) in [5, 5.41) is 8.99. The minimum absolute atomic E-state index is 0.0772. The van der Waals surface area contributed by atoms with Gasteiger partial charge in [0.25, 0.3) is 0 Å². The van der Waals surface area contributed by atoms with Crippen molar-refractivity contribution >= 4 is 5.97 Å². The molecule has 5 heteroatoms. The lowest BCUT2D eigenvalue weighted by Crippen LogP contribution is -2.16. The highest BCUT2D eigenvalue weighted by Gasteiger charge is 2.21. The van der Waals surface area contributed by atoms with Gasteiger partial charge in [-0.15, -0.1) is 0 Å². The van der Waals surface area contributed by atoms with E-state index in [1.807, 2.05) is 6.92 Å². The molecule has 1 aromatic carbocycles. The molecule has 0 aliphatic heterocycles. The Morgan fingerprint density at radius 1 is 1.53 bits per heavy atom. The lowest BCUT2D eigenvalue weighted by molar-refractivity contribution is -0.150. The highest BCUT2D eigenvalue weighted by atomic mass is 19.1. The zero-order chi connectivity index (χ0) is 12.8. The van der Waals surface area contributed by atoms with E-state index >= 15 is 0 Å². The Bertz CT molecular complexity index is 392. The predicted molar refractivity (Wildman–Crippen MR) is 59.6 cm³/mol. The van der Waals surface area contributed by atoms with Gasteiger partial charge >= 0.3 is 5.97 Å². The quantitative estimate of drug-likeness (QED) is 0.832. The van der Waals surface area contributed by atoms with E-state index < -0.39 is 17.9 Å². The van der Waals surface area contributed by atoms with Gasteiger partial charge in [0.15, 0.2) is 17.7 Å². The summed E-state index contributed by atoms with van der Waals surface area (Å²) in [6.45, 7) is 2.18. The van der Waals surface area contributed by atoms with E-state index in [4.69, 9.17) is 14.6 Å². The third-order valence-corrected chi connectivity index (χ3v) is 2.19. The Labute approximate surface area is 99.0 Å². The van der Waals surface area contributed by atoms with Gasteiger partial charge in [-0.1, -0.05) is 13.0 Å². The van der Waals surface area contributed by atoms with Crippen LogP contribution in [0.3, 0.4) is 0 Å². The summed E-state index contributed by atoms with van der Waals surface area (Å²) in [5.74, 6) is -1.66. The molecule has 4 nitrogen and oxygen atoms in total. The maximum absolute atomic E-state index is 13.4. The average Bonchev–Trinajstić information content (AvgIpc) is 2.29. The number of carboxylic acids is 1. The topological polar surface area (TPSA) is 55.8 Å². The number of hydrogen-bond donors (Lipinski definition) is 1. The van der Waals surface area contributed by atoms with Gasteiger partial charge in [-0.2, -0.15) is 0 Å². The van der Waals surface area contributed by atoms with Gasteiger partial charge in [-0.3, -0.25) is 0 Å². The van der Waals surface area contributed by atoms with Gasteiger partial charge in [0, 0.05) is 6.61 Å². The van der Waals surface area contributed by atoms with E-state index in [2.05, 4.69) is 0 Å². The summed E-state index contributed by atoms with van der Waals surface area (Å²) in [6.07, 6.45) is -0.446. The lowest BCUT2D eigenvalue weighted by Gasteiger charge is -2.14. The number of halogens is 1.